The lowest BCUT2D eigenvalue weighted by atomic mass is 10.0. The van der Waals surface area contributed by atoms with Crippen LogP contribution in [0.1, 0.15) is 27.7 Å². The monoisotopic (exact) mass is 292 g/mol. The van der Waals surface area contributed by atoms with E-state index in [9.17, 15) is 10.2 Å². The Balaban J connectivity index is 2.84. The molecule has 0 amide bonds. The van der Waals surface area contributed by atoms with Crippen molar-refractivity contribution in [3.8, 4) is 0 Å². The third-order valence-electron chi connectivity index (χ3n) is 4.25. The normalized spacial score (nSPS) is 37.4. The number of hydrogen-bond acceptors (Lipinski definition) is 5. The van der Waals surface area contributed by atoms with E-state index in [0.29, 0.717) is 0 Å². The van der Waals surface area contributed by atoms with Crippen LogP contribution in [0, 0.1) is 0 Å². The van der Waals surface area contributed by atoms with Crippen LogP contribution in [0.3, 0.4) is 0 Å². The van der Waals surface area contributed by atoms with Crippen molar-refractivity contribution in [1.82, 2.24) is 0 Å². The molecule has 0 bridgehead atoms. The zero-order valence-electron chi connectivity index (χ0n) is 13.0. The molecule has 19 heavy (non-hydrogen) atoms. The highest BCUT2D eigenvalue weighted by atomic mass is 28.4. The van der Waals surface area contributed by atoms with Crippen LogP contribution in [-0.2, 0) is 13.9 Å². The molecular weight excluding hydrogens is 264 g/mol. The third-order valence-corrected chi connectivity index (χ3v) is 8.72. The summed E-state index contributed by atoms with van der Waals surface area (Å²) >= 11 is 0. The predicted octanol–water partition coefficient (Wildman–Crippen LogP) is 1.49. The number of methoxy groups -OCH3 is 1. The highest BCUT2D eigenvalue weighted by molar-refractivity contribution is 6.74. The van der Waals surface area contributed by atoms with E-state index in [-0.39, 0.29) is 11.1 Å². The quantitative estimate of drug-likeness (QED) is 0.771. The van der Waals surface area contributed by atoms with Crippen molar-refractivity contribution in [2.75, 3.05) is 7.11 Å². The lowest BCUT2D eigenvalue weighted by Crippen LogP contribution is -2.61. The zero-order chi connectivity index (χ0) is 15.0. The van der Waals surface area contributed by atoms with Gasteiger partial charge in [-0.2, -0.15) is 0 Å². The summed E-state index contributed by atoms with van der Waals surface area (Å²) in [5, 5.41) is 20.2. The highest BCUT2D eigenvalue weighted by Gasteiger charge is 2.48. The first-order valence-electron chi connectivity index (χ1n) is 6.73. The molecule has 0 radical (unpaired) electrons. The van der Waals surface area contributed by atoms with Crippen molar-refractivity contribution >= 4 is 8.32 Å². The molecule has 0 aromatic carbocycles. The van der Waals surface area contributed by atoms with Crippen LogP contribution in [0.25, 0.3) is 0 Å². The molecule has 1 rings (SSSR count). The molecule has 1 aliphatic heterocycles. The first kappa shape index (κ1) is 17.1. The van der Waals surface area contributed by atoms with Crippen LogP contribution < -0.4 is 0 Å². The van der Waals surface area contributed by atoms with Gasteiger partial charge in [0.2, 0.25) is 0 Å². The van der Waals surface area contributed by atoms with E-state index in [1.807, 2.05) is 6.92 Å². The average Bonchev–Trinajstić information content (AvgIpc) is 2.27. The van der Waals surface area contributed by atoms with Crippen LogP contribution in [0.5, 0.6) is 0 Å². The molecule has 0 saturated carbocycles. The smallest absolute Gasteiger partial charge is 0.192 e. The van der Waals surface area contributed by atoms with Crippen molar-refractivity contribution in [2.45, 2.75) is 76.5 Å². The first-order valence-corrected chi connectivity index (χ1v) is 9.64. The van der Waals surface area contributed by atoms with Crippen LogP contribution in [-0.4, -0.2) is 56.3 Å². The van der Waals surface area contributed by atoms with E-state index in [1.165, 1.54) is 7.11 Å². The van der Waals surface area contributed by atoms with Gasteiger partial charge in [0, 0.05) is 7.11 Å². The zero-order valence-corrected chi connectivity index (χ0v) is 14.0. The van der Waals surface area contributed by atoms with Gasteiger partial charge in [0.15, 0.2) is 14.6 Å². The van der Waals surface area contributed by atoms with Gasteiger partial charge in [-0.1, -0.05) is 20.8 Å². The summed E-state index contributed by atoms with van der Waals surface area (Å²) in [6.07, 6.45) is -3.73. The molecule has 1 heterocycles. The topological polar surface area (TPSA) is 68.2 Å². The largest absolute Gasteiger partial charge is 0.409 e. The molecule has 1 saturated heterocycles. The maximum absolute atomic E-state index is 10.2. The predicted molar refractivity (Wildman–Crippen MR) is 75.4 cm³/mol. The summed E-state index contributed by atoms with van der Waals surface area (Å²) in [6, 6.07) is 0. The Bertz CT molecular complexity index is 302. The summed E-state index contributed by atoms with van der Waals surface area (Å²) in [7, 11) is -0.583. The summed E-state index contributed by atoms with van der Waals surface area (Å²) in [5.74, 6) is 0. The second-order valence-corrected chi connectivity index (χ2v) is 11.5. The molecule has 2 N–H and O–H groups in total. The summed E-state index contributed by atoms with van der Waals surface area (Å²) in [5.41, 5.74) is 0. The molecule has 0 aromatic heterocycles. The summed E-state index contributed by atoms with van der Waals surface area (Å²) < 4.78 is 16.7. The molecule has 6 heteroatoms. The Hall–Kier alpha value is 0.0169. The van der Waals surface area contributed by atoms with Crippen LogP contribution in [0.4, 0.5) is 0 Å². The lowest BCUT2D eigenvalue weighted by molar-refractivity contribution is -0.283. The number of rotatable bonds is 3. The first-order chi connectivity index (χ1) is 8.51. The fourth-order valence-corrected chi connectivity index (χ4v) is 3.25. The Morgan fingerprint density at radius 3 is 2.05 bits per heavy atom. The van der Waals surface area contributed by atoms with Crippen molar-refractivity contribution in [2.24, 2.45) is 0 Å². The number of aliphatic hydroxyl groups is 2. The number of hydrogen-bond donors (Lipinski definition) is 2. The van der Waals surface area contributed by atoms with Gasteiger partial charge in [-0.3, -0.25) is 0 Å². The van der Waals surface area contributed by atoms with E-state index in [1.54, 1.807) is 0 Å². The van der Waals surface area contributed by atoms with E-state index in [2.05, 4.69) is 33.9 Å². The van der Waals surface area contributed by atoms with Gasteiger partial charge in [0.05, 0.1) is 12.2 Å². The molecular formula is C13H28O5Si. The maximum atomic E-state index is 10.2. The van der Waals surface area contributed by atoms with Gasteiger partial charge < -0.3 is 24.1 Å². The standard InChI is InChI=1S/C13H28O5Si/c1-8-11(18-19(6,7)13(2,3)4)9(14)10(15)12(16-5)17-8/h8-12,14-15H,1-7H3/t8-,9-,10+,11-,12+/m0/s1. The Kier molecular flexibility index (Phi) is 5.20. The second-order valence-electron chi connectivity index (χ2n) is 6.77. The van der Waals surface area contributed by atoms with Crippen molar-refractivity contribution in [1.29, 1.82) is 0 Å². The van der Waals surface area contributed by atoms with Gasteiger partial charge in [-0.25, -0.2) is 0 Å². The fraction of sp³-hybridized carbons (Fsp3) is 1.00. The fourth-order valence-electron chi connectivity index (χ4n) is 1.88. The van der Waals surface area contributed by atoms with Gasteiger partial charge in [0.25, 0.3) is 0 Å². The SMILES string of the molecule is CO[C@@H]1O[C@@H](C)[C@H](O[Si](C)(C)C(C)(C)C)[C@@H](O)[C@H]1O. The minimum absolute atomic E-state index is 0.0372. The van der Waals surface area contributed by atoms with Gasteiger partial charge in [-0.15, -0.1) is 0 Å². The van der Waals surface area contributed by atoms with Crippen LogP contribution in [0.15, 0.2) is 0 Å². The minimum atomic E-state index is -2.03. The Morgan fingerprint density at radius 2 is 1.63 bits per heavy atom. The second kappa shape index (κ2) is 5.79. The Morgan fingerprint density at radius 1 is 1.11 bits per heavy atom. The minimum Gasteiger partial charge on any atom is -0.409 e. The van der Waals surface area contributed by atoms with E-state index >= 15 is 0 Å². The average molecular weight is 292 g/mol. The van der Waals surface area contributed by atoms with Crippen molar-refractivity contribution < 1.29 is 24.1 Å². The summed E-state index contributed by atoms with van der Waals surface area (Å²) in [4.78, 5) is 0. The molecule has 1 aliphatic rings. The van der Waals surface area contributed by atoms with Crippen LogP contribution >= 0.6 is 0 Å². The molecule has 0 aliphatic carbocycles. The van der Waals surface area contributed by atoms with Crippen molar-refractivity contribution in [3.05, 3.63) is 0 Å². The van der Waals surface area contributed by atoms with Crippen molar-refractivity contribution in [3.63, 3.8) is 0 Å². The molecule has 5 nitrogen and oxygen atoms in total. The number of ether oxygens (including phenoxy) is 2. The lowest BCUT2D eigenvalue weighted by Gasteiger charge is -2.46. The molecule has 5 atom stereocenters. The molecule has 0 aromatic rings. The third kappa shape index (κ3) is 3.56. The number of aliphatic hydroxyl groups excluding tert-OH is 2. The van der Waals surface area contributed by atoms with Gasteiger partial charge >= 0.3 is 0 Å². The molecule has 0 unspecified atom stereocenters. The maximum Gasteiger partial charge on any atom is 0.192 e. The van der Waals surface area contributed by atoms with Crippen LogP contribution in [0.2, 0.25) is 18.1 Å². The van der Waals surface area contributed by atoms with E-state index in [0.717, 1.165) is 0 Å². The molecule has 1 fully saturated rings. The van der Waals surface area contributed by atoms with Gasteiger partial charge in [-0.05, 0) is 25.1 Å². The molecule has 0 spiro atoms. The van der Waals surface area contributed by atoms with E-state index < -0.39 is 32.9 Å². The Labute approximate surface area is 117 Å². The van der Waals surface area contributed by atoms with Gasteiger partial charge in [0.1, 0.15) is 12.2 Å². The molecule has 114 valence electrons. The summed E-state index contributed by atoms with van der Waals surface area (Å²) in [6.45, 7) is 12.5. The highest BCUT2D eigenvalue weighted by Crippen LogP contribution is 2.39. The van der Waals surface area contributed by atoms with E-state index in [4.69, 9.17) is 13.9 Å².